The Hall–Kier alpha value is -2.65. The summed E-state index contributed by atoms with van der Waals surface area (Å²) in [5.74, 6) is -0.720. The van der Waals surface area contributed by atoms with E-state index in [1.165, 1.54) is 14.0 Å². The molecule has 3 unspecified atom stereocenters. The molecule has 4 amide bonds. The number of urea groups is 1. The Morgan fingerprint density at radius 2 is 1.71 bits per heavy atom. The first kappa shape index (κ1) is 23.4. The SMILES string of the molecule is COC(O)C(CC(C)C)NC(=O)NNC(=O)C(Cc1ccccc1)NC(C)=O. The van der Waals surface area contributed by atoms with Crippen molar-refractivity contribution < 1.29 is 24.2 Å². The Morgan fingerprint density at radius 1 is 1.07 bits per heavy atom. The summed E-state index contributed by atoms with van der Waals surface area (Å²) in [5.41, 5.74) is 5.38. The highest BCUT2D eigenvalue weighted by Gasteiger charge is 2.24. The molecule has 0 aliphatic heterocycles. The van der Waals surface area contributed by atoms with Crippen molar-refractivity contribution in [2.24, 2.45) is 5.92 Å². The number of methoxy groups -OCH3 is 1. The van der Waals surface area contributed by atoms with Crippen LogP contribution in [-0.2, 0) is 20.7 Å². The van der Waals surface area contributed by atoms with Crippen molar-refractivity contribution in [2.45, 2.75) is 52.0 Å². The monoisotopic (exact) mass is 394 g/mol. The molecule has 0 radical (unpaired) electrons. The normalized spacial score (nSPS) is 13.9. The molecule has 1 aromatic rings. The number of nitrogens with one attached hydrogen (secondary N) is 4. The number of amides is 4. The zero-order valence-corrected chi connectivity index (χ0v) is 16.7. The highest BCUT2D eigenvalue weighted by Crippen LogP contribution is 2.09. The fourth-order valence-corrected chi connectivity index (χ4v) is 2.63. The lowest BCUT2D eigenvalue weighted by Crippen LogP contribution is -2.57. The maximum atomic E-state index is 12.4. The number of hydrogen-bond donors (Lipinski definition) is 5. The average Bonchev–Trinajstić information content (AvgIpc) is 2.64. The molecule has 3 atom stereocenters. The molecule has 0 saturated heterocycles. The predicted molar refractivity (Wildman–Crippen MR) is 104 cm³/mol. The number of hydrogen-bond acceptors (Lipinski definition) is 5. The molecule has 156 valence electrons. The molecule has 0 aliphatic rings. The molecule has 0 saturated carbocycles. The summed E-state index contributed by atoms with van der Waals surface area (Å²) in [6.45, 7) is 5.20. The molecule has 1 aromatic carbocycles. The van der Waals surface area contributed by atoms with Gasteiger partial charge in [0, 0.05) is 20.5 Å². The first-order chi connectivity index (χ1) is 13.2. The lowest BCUT2D eigenvalue weighted by Gasteiger charge is -2.25. The van der Waals surface area contributed by atoms with Gasteiger partial charge in [0.2, 0.25) is 5.91 Å². The van der Waals surface area contributed by atoms with Crippen molar-refractivity contribution in [3.63, 3.8) is 0 Å². The number of carbonyl (C=O) groups excluding carboxylic acids is 3. The number of aliphatic hydroxyl groups excluding tert-OH is 1. The molecule has 0 aromatic heterocycles. The van der Waals surface area contributed by atoms with Gasteiger partial charge >= 0.3 is 6.03 Å². The van der Waals surface area contributed by atoms with Crippen molar-refractivity contribution in [1.82, 2.24) is 21.5 Å². The number of hydrazine groups is 1. The van der Waals surface area contributed by atoms with Crippen molar-refractivity contribution in [2.75, 3.05) is 7.11 Å². The van der Waals surface area contributed by atoms with Gasteiger partial charge in [-0.2, -0.15) is 0 Å². The van der Waals surface area contributed by atoms with E-state index in [1.807, 2.05) is 44.2 Å². The van der Waals surface area contributed by atoms with Gasteiger partial charge in [0.05, 0.1) is 6.04 Å². The number of ether oxygens (including phenoxy) is 1. The van der Waals surface area contributed by atoms with Crippen LogP contribution in [0.25, 0.3) is 0 Å². The third-order valence-electron chi connectivity index (χ3n) is 3.90. The minimum absolute atomic E-state index is 0.208. The molecule has 9 heteroatoms. The van der Waals surface area contributed by atoms with Crippen LogP contribution < -0.4 is 21.5 Å². The van der Waals surface area contributed by atoms with Crippen molar-refractivity contribution in [3.8, 4) is 0 Å². The van der Waals surface area contributed by atoms with Gasteiger partial charge in [-0.3, -0.25) is 15.0 Å². The topological polar surface area (TPSA) is 129 Å². The fraction of sp³-hybridized carbons (Fsp3) is 0.526. The predicted octanol–water partition coefficient (Wildman–Crippen LogP) is 0.444. The van der Waals surface area contributed by atoms with Crippen LogP contribution in [0.2, 0.25) is 0 Å². The quantitative estimate of drug-likeness (QED) is 0.307. The maximum Gasteiger partial charge on any atom is 0.333 e. The molecule has 0 bridgehead atoms. The van der Waals surface area contributed by atoms with Crippen LogP contribution in [-0.4, -0.2) is 48.4 Å². The van der Waals surface area contributed by atoms with Gasteiger partial charge < -0.3 is 20.5 Å². The van der Waals surface area contributed by atoms with E-state index in [1.54, 1.807) is 0 Å². The maximum absolute atomic E-state index is 12.4. The van der Waals surface area contributed by atoms with Crippen LogP contribution in [0, 0.1) is 5.92 Å². The number of carbonyl (C=O) groups is 3. The first-order valence-electron chi connectivity index (χ1n) is 9.11. The van der Waals surface area contributed by atoms with Gasteiger partial charge in [-0.1, -0.05) is 44.2 Å². The number of benzene rings is 1. The summed E-state index contributed by atoms with van der Waals surface area (Å²) < 4.78 is 4.87. The summed E-state index contributed by atoms with van der Waals surface area (Å²) in [6.07, 6.45) is -0.415. The van der Waals surface area contributed by atoms with Gasteiger partial charge in [0.1, 0.15) is 6.04 Å². The summed E-state index contributed by atoms with van der Waals surface area (Å²) in [4.78, 5) is 35.9. The fourth-order valence-electron chi connectivity index (χ4n) is 2.63. The van der Waals surface area contributed by atoms with E-state index >= 15 is 0 Å². The third kappa shape index (κ3) is 8.83. The third-order valence-corrected chi connectivity index (χ3v) is 3.90. The smallest absolute Gasteiger partial charge is 0.333 e. The van der Waals surface area contributed by atoms with E-state index in [9.17, 15) is 19.5 Å². The van der Waals surface area contributed by atoms with E-state index in [2.05, 4.69) is 21.5 Å². The molecular formula is C19H30N4O5. The standard InChI is InChI=1S/C19H30N4O5/c1-12(2)10-16(18(26)28-4)21-19(27)23-22-17(25)15(20-13(3)24)11-14-8-6-5-7-9-14/h5-9,12,15-16,18,26H,10-11H2,1-4H3,(H,20,24)(H,22,25)(H2,21,23,27). The Labute approximate surface area is 165 Å². The average molecular weight is 394 g/mol. The molecule has 1 rings (SSSR count). The second kappa shape index (κ2) is 11.9. The van der Waals surface area contributed by atoms with Crippen LogP contribution >= 0.6 is 0 Å². The molecule has 5 N–H and O–H groups in total. The Balaban J connectivity index is 2.63. The number of aliphatic hydroxyl groups is 1. The van der Waals surface area contributed by atoms with Crippen molar-refractivity contribution in [3.05, 3.63) is 35.9 Å². The molecule has 0 spiro atoms. The Kier molecular flexibility index (Phi) is 9.97. The second-order valence-electron chi connectivity index (χ2n) is 6.89. The van der Waals surface area contributed by atoms with Gasteiger partial charge in [0.15, 0.2) is 6.29 Å². The summed E-state index contributed by atoms with van der Waals surface area (Å²) in [5, 5.41) is 15.0. The van der Waals surface area contributed by atoms with E-state index < -0.39 is 30.3 Å². The van der Waals surface area contributed by atoms with Gasteiger partial charge in [0.25, 0.3) is 5.91 Å². The van der Waals surface area contributed by atoms with Crippen LogP contribution in [0.3, 0.4) is 0 Å². The lowest BCUT2D eigenvalue weighted by atomic mass is 10.0. The largest absolute Gasteiger partial charge is 0.366 e. The molecule has 0 heterocycles. The van der Waals surface area contributed by atoms with Crippen molar-refractivity contribution >= 4 is 17.8 Å². The Bertz CT molecular complexity index is 638. The van der Waals surface area contributed by atoms with E-state index in [0.717, 1.165) is 5.56 Å². The van der Waals surface area contributed by atoms with Gasteiger partial charge in [-0.25, -0.2) is 10.2 Å². The zero-order chi connectivity index (χ0) is 21.1. The van der Waals surface area contributed by atoms with Gasteiger partial charge in [-0.15, -0.1) is 0 Å². The van der Waals surface area contributed by atoms with Crippen LogP contribution in [0.5, 0.6) is 0 Å². The van der Waals surface area contributed by atoms with Crippen molar-refractivity contribution in [1.29, 1.82) is 0 Å². The second-order valence-corrected chi connectivity index (χ2v) is 6.89. The minimum Gasteiger partial charge on any atom is -0.366 e. The van der Waals surface area contributed by atoms with Crippen LogP contribution in [0.4, 0.5) is 4.79 Å². The van der Waals surface area contributed by atoms with Crippen LogP contribution in [0.1, 0.15) is 32.8 Å². The molecule has 0 fully saturated rings. The molecular weight excluding hydrogens is 364 g/mol. The molecule has 28 heavy (non-hydrogen) atoms. The van der Waals surface area contributed by atoms with E-state index in [0.29, 0.717) is 6.42 Å². The lowest BCUT2D eigenvalue weighted by molar-refractivity contribution is -0.128. The zero-order valence-electron chi connectivity index (χ0n) is 16.7. The molecule has 9 nitrogen and oxygen atoms in total. The summed E-state index contributed by atoms with van der Waals surface area (Å²) >= 11 is 0. The van der Waals surface area contributed by atoms with Gasteiger partial charge in [-0.05, 0) is 17.9 Å². The minimum atomic E-state index is -1.17. The van der Waals surface area contributed by atoms with E-state index in [-0.39, 0.29) is 18.2 Å². The highest BCUT2D eigenvalue weighted by atomic mass is 16.6. The molecule has 0 aliphatic carbocycles. The summed E-state index contributed by atoms with van der Waals surface area (Å²) in [7, 11) is 1.33. The van der Waals surface area contributed by atoms with Crippen LogP contribution in [0.15, 0.2) is 30.3 Å². The first-order valence-corrected chi connectivity index (χ1v) is 9.11. The Morgan fingerprint density at radius 3 is 2.25 bits per heavy atom. The highest BCUT2D eigenvalue weighted by molar-refractivity contribution is 5.88. The van der Waals surface area contributed by atoms with E-state index in [4.69, 9.17) is 4.74 Å². The summed E-state index contributed by atoms with van der Waals surface area (Å²) in [6, 6.07) is 7.00. The number of rotatable bonds is 9.